The van der Waals surface area contributed by atoms with E-state index in [1.165, 1.54) is 5.56 Å². The Bertz CT molecular complexity index is 1660. The second kappa shape index (κ2) is 18.4. The molecule has 0 aromatic heterocycles. The molecule has 9 nitrogen and oxygen atoms in total. The second-order valence-corrected chi connectivity index (χ2v) is 12.8. The van der Waals surface area contributed by atoms with Crippen molar-refractivity contribution in [1.29, 1.82) is 0 Å². The number of rotatable bonds is 16. The van der Waals surface area contributed by atoms with E-state index in [0.29, 0.717) is 51.7 Å². The van der Waals surface area contributed by atoms with Crippen molar-refractivity contribution in [3.8, 4) is 0 Å². The number of amides is 4. The van der Waals surface area contributed by atoms with E-state index in [1.807, 2.05) is 103 Å². The molecule has 4 N–H and O–H groups in total. The number of aryl methyl sites for hydroxylation is 1. The Morgan fingerprint density at radius 3 is 1.96 bits per heavy atom. The molecule has 9 heteroatoms. The van der Waals surface area contributed by atoms with E-state index >= 15 is 0 Å². The molecule has 1 heterocycles. The van der Waals surface area contributed by atoms with Crippen molar-refractivity contribution in [3.63, 3.8) is 0 Å². The fourth-order valence-corrected chi connectivity index (χ4v) is 6.60. The van der Waals surface area contributed by atoms with E-state index in [1.54, 1.807) is 4.90 Å². The van der Waals surface area contributed by atoms with Crippen molar-refractivity contribution in [2.75, 3.05) is 13.1 Å². The largest absolute Gasteiger partial charge is 0.465 e. The number of fused-ring (bicyclic) bond motifs is 1. The number of nitrogens with one attached hydrogen (secondary N) is 3. The second-order valence-electron chi connectivity index (χ2n) is 12.8. The van der Waals surface area contributed by atoms with Crippen molar-refractivity contribution >= 4 is 23.8 Å². The number of hydrogen-bond donors (Lipinski definition) is 4. The van der Waals surface area contributed by atoms with E-state index < -0.39 is 24.1 Å². The highest BCUT2D eigenvalue weighted by Gasteiger charge is 2.34. The molecule has 5 rings (SSSR count). The van der Waals surface area contributed by atoms with Crippen LogP contribution in [-0.2, 0) is 33.8 Å². The summed E-state index contributed by atoms with van der Waals surface area (Å²) < 4.78 is 0. The van der Waals surface area contributed by atoms with Gasteiger partial charge in [-0.2, -0.15) is 0 Å². The van der Waals surface area contributed by atoms with E-state index in [4.69, 9.17) is 0 Å². The molecule has 4 aromatic carbocycles. The van der Waals surface area contributed by atoms with Crippen molar-refractivity contribution in [3.05, 3.63) is 143 Å². The van der Waals surface area contributed by atoms with Gasteiger partial charge in [-0.15, -0.1) is 0 Å². The van der Waals surface area contributed by atoms with E-state index in [-0.39, 0.29) is 24.2 Å². The zero-order valence-electron chi connectivity index (χ0n) is 28.3. The molecule has 4 amide bonds. The Morgan fingerprint density at radius 2 is 1.32 bits per heavy atom. The highest BCUT2D eigenvalue weighted by molar-refractivity contribution is 5.88. The van der Waals surface area contributed by atoms with Crippen LogP contribution in [0.1, 0.15) is 65.8 Å². The standard InChI is InChI=1S/C41H46N4O5/c46-38(25-14-17-30-15-4-1-5-16-30)45-29-34-23-11-10-22-33(34)27-37(45)40(48)42-26-13-12-24-36(44-41(49)50)39(47)43-28-35(31-18-6-2-7-19-31)32-20-8-3-9-21-32/h1-11,15-16,18-23,35-37,44H,12-14,17,24-29H2,(H,42,48)(H,43,47)(H,49,50)/t36-,37-/m0/s1. The van der Waals surface area contributed by atoms with Crippen molar-refractivity contribution < 1.29 is 24.3 Å². The topological polar surface area (TPSA) is 128 Å². The molecular formula is C41H46N4O5. The Kier molecular flexibility index (Phi) is 13.2. The molecule has 0 unspecified atom stereocenters. The van der Waals surface area contributed by atoms with Crippen LogP contribution in [-0.4, -0.2) is 59.0 Å². The van der Waals surface area contributed by atoms with Crippen LogP contribution in [0.15, 0.2) is 115 Å². The van der Waals surface area contributed by atoms with Gasteiger partial charge >= 0.3 is 6.09 Å². The molecule has 0 bridgehead atoms. The Balaban J connectivity index is 1.12. The van der Waals surface area contributed by atoms with Crippen LogP contribution in [0.2, 0.25) is 0 Å². The molecule has 1 aliphatic heterocycles. The lowest BCUT2D eigenvalue weighted by Crippen LogP contribution is -2.52. The molecule has 2 atom stereocenters. The lowest BCUT2D eigenvalue weighted by atomic mass is 9.91. The monoisotopic (exact) mass is 674 g/mol. The number of hydrogen-bond acceptors (Lipinski definition) is 4. The first kappa shape index (κ1) is 35.9. The third kappa shape index (κ3) is 10.3. The van der Waals surface area contributed by atoms with Gasteiger partial charge in [0.1, 0.15) is 12.1 Å². The molecule has 50 heavy (non-hydrogen) atoms. The van der Waals surface area contributed by atoms with Gasteiger partial charge < -0.3 is 26.0 Å². The summed E-state index contributed by atoms with van der Waals surface area (Å²) in [5.41, 5.74) is 5.40. The summed E-state index contributed by atoms with van der Waals surface area (Å²) in [7, 11) is 0. The summed E-state index contributed by atoms with van der Waals surface area (Å²) in [6.07, 6.45) is 2.36. The van der Waals surface area contributed by atoms with E-state index in [9.17, 15) is 24.3 Å². The van der Waals surface area contributed by atoms with Crippen LogP contribution in [0.3, 0.4) is 0 Å². The average molecular weight is 675 g/mol. The van der Waals surface area contributed by atoms with Crippen molar-refractivity contribution in [2.45, 2.75) is 69.5 Å². The Labute approximate surface area is 294 Å². The normalized spacial score (nSPS) is 14.3. The Hall–Kier alpha value is -5.44. The minimum Gasteiger partial charge on any atom is -0.465 e. The smallest absolute Gasteiger partial charge is 0.405 e. The van der Waals surface area contributed by atoms with Gasteiger partial charge in [-0.3, -0.25) is 14.4 Å². The number of carboxylic acid groups (broad SMARTS) is 1. The van der Waals surface area contributed by atoms with Gasteiger partial charge in [0.05, 0.1) is 0 Å². The number of nitrogens with zero attached hydrogens (tertiary/aromatic N) is 1. The van der Waals surface area contributed by atoms with E-state index in [2.05, 4.69) is 28.1 Å². The molecule has 0 aliphatic carbocycles. The number of benzene rings is 4. The van der Waals surface area contributed by atoms with Crippen LogP contribution in [0, 0.1) is 0 Å². The summed E-state index contributed by atoms with van der Waals surface area (Å²) in [5.74, 6) is -0.729. The van der Waals surface area contributed by atoms with Gasteiger partial charge in [0, 0.05) is 38.4 Å². The van der Waals surface area contributed by atoms with Gasteiger partial charge in [0.2, 0.25) is 17.7 Å². The first-order valence-electron chi connectivity index (χ1n) is 17.4. The quantitative estimate of drug-likeness (QED) is 0.111. The first-order chi connectivity index (χ1) is 24.4. The van der Waals surface area contributed by atoms with Gasteiger partial charge in [-0.1, -0.05) is 115 Å². The number of carbonyl (C=O) groups is 4. The fraction of sp³-hybridized carbons (Fsp3) is 0.317. The fourth-order valence-electron chi connectivity index (χ4n) is 6.60. The minimum atomic E-state index is -1.27. The minimum absolute atomic E-state index is 0.0362. The molecule has 0 saturated carbocycles. The summed E-state index contributed by atoms with van der Waals surface area (Å²) in [4.78, 5) is 53.4. The van der Waals surface area contributed by atoms with Crippen molar-refractivity contribution in [1.82, 2.24) is 20.9 Å². The predicted molar refractivity (Wildman–Crippen MR) is 193 cm³/mol. The highest BCUT2D eigenvalue weighted by Crippen LogP contribution is 2.26. The van der Waals surface area contributed by atoms with Crippen LogP contribution in [0.25, 0.3) is 0 Å². The molecule has 1 aliphatic rings. The molecule has 260 valence electrons. The van der Waals surface area contributed by atoms with Gasteiger partial charge in [-0.05, 0) is 59.9 Å². The average Bonchev–Trinajstić information content (AvgIpc) is 3.14. The Morgan fingerprint density at radius 1 is 0.720 bits per heavy atom. The van der Waals surface area contributed by atoms with E-state index in [0.717, 1.165) is 28.7 Å². The summed E-state index contributed by atoms with van der Waals surface area (Å²) in [5, 5.41) is 17.8. The molecule has 0 spiro atoms. The van der Waals surface area contributed by atoms with Gasteiger partial charge in [0.25, 0.3) is 0 Å². The zero-order chi connectivity index (χ0) is 35.1. The third-order valence-corrected chi connectivity index (χ3v) is 9.29. The molecular weight excluding hydrogens is 628 g/mol. The van der Waals surface area contributed by atoms with Crippen LogP contribution in [0.4, 0.5) is 4.79 Å². The van der Waals surface area contributed by atoms with Gasteiger partial charge in [0.15, 0.2) is 0 Å². The number of carbonyl (C=O) groups excluding carboxylic acids is 3. The number of unbranched alkanes of at least 4 members (excludes halogenated alkanes) is 1. The lowest BCUT2D eigenvalue weighted by molar-refractivity contribution is -0.141. The maximum Gasteiger partial charge on any atom is 0.405 e. The molecule has 4 aromatic rings. The molecule has 0 saturated heterocycles. The van der Waals surface area contributed by atoms with Crippen molar-refractivity contribution in [2.24, 2.45) is 0 Å². The lowest BCUT2D eigenvalue weighted by Gasteiger charge is -2.36. The maximum absolute atomic E-state index is 13.5. The summed E-state index contributed by atoms with van der Waals surface area (Å²) in [6.45, 7) is 1.05. The highest BCUT2D eigenvalue weighted by atomic mass is 16.4. The van der Waals surface area contributed by atoms with Gasteiger partial charge in [-0.25, -0.2) is 4.79 Å². The molecule has 0 fully saturated rings. The third-order valence-electron chi connectivity index (χ3n) is 9.29. The SMILES string of the molecule is O=C(O)N[C@@H](CCCCNC(=O)[C@@H]1Cc2ccccc2CN1C(=O)CCCc1ccccc1)C(=O)NCC(c1ccccc1)c1ccccc1. The maximum atomic E-state index is 13.5. The van der Waals surface area contributed by atoms with Crippen LogP contribution in [0.5, 0.6) is 0 Å². The van der Waals surface area contributed by atoms with Crippen LogP contribution >= 0.6 is 0 Å². The predicted octanol–water partition coefficient (Wildman–Crippen LogP) is 5.83. The van der Waals surface area contributed by atoms with Crippen LogP contribution < -0.4 is 16.0 Å². The zero-order valence-corrected chi connectivity index (χ0v) is 28.3. The summed E-state index contributed by atoms with van der Waals surface area (Å²) in [6, 6.07) is 36.2. The summed E-state index contributed by atoms with van der Waals surface area (Å²) >= 11 is 0. The molecule has 0 radical (unpaired) electrons. The first-order valence-corrected chi connectivity index (χ1v) is 17.4.